The van der Waals surface area contributed by atoms with E-state index in [0.29, 0.717) is 31.4 Å². The number of pyridine rings is 1. The minimum atomic E-state index is -0.927. The first-order valence-corrected chi connectivity index (χ1v) is 8.58. The largest absolute Gasteiger partial charge is 0.497 e. The molecule has 2 heterocycles. The molecule has 0 saturated carbocycles. The summed E-state index contributed by atoms with van der Waals surface area (Å²) in [7, 11) is 1.62. The van der Waals surface area contributed by atoms with Crippen molar-refractivity contribution in [2.45, 2.75) is 6.10 Å². The Kier molecular flexibility index (Phi) is 5.80. The molecule has 3 rings (SSSR count). The number of ether oxygens (including phenoxy) is 2. The predicted molar refractivity (Wildman–Crippen MR) is 99.1 cm³/mol. The summed E-state index contributed by atoms with van der Waals surface area (Å²) in [6, 6.07) is 9.39. The SMILES string of the molecule is COc1ccc(-c2cnc(Cl)cc2NCC2CN(C(=O)O)CCO2)cc1. The van der Waals surface area contributed by atoms with Crippen LogP contribution in [0, 0.1) is 0 Å². The molecule has 8 heteroatoms. The van der Waals surface area contributed by atoms with Crippen LogP contribution >= 0.6 is 11.6 Å². The van der Waals surface area contributed by atoms with Gasteiger partial charge in [-0.05, 0) is 23.8 Å². The van der Waals surface area contributed by atoms with E-state index < -0.39 is 6.09 Å². The first-order valence-electron chi connectivity index (χ1n) is 8.20. The van der Waals surface area contributed by atoms with Crippen molar-refractivity contribution in [1.29, 1.82) is 0 Å². The van der Waals surface area contributed by atoms with E-state index in [4.69, 9.17) is 26.2 Å². The fourth-order valence-corrected chi connectivity index (χ4v) is 2.98. The Bertz CT molecular complexity index is 770. The van der Waals surface area contributed by atoms with Crippen molar-refractivity contribution < 1.29 is 19.4 Å². The molecule has 0 bridgehead atoms. The average Bonchev–Trinajstić information content (AvgIpc) is 2.67. The Morgan fingerprint density at radius 3 is 2.92 bits per heavy atom. The van der Waals surface area contributed by atoms with E-state index >= 15 is 0 Å². The highest BCUT2D eigenvalue weighted by Gasteiger charge is 2.23. The predicted octanol–water partition coefficient (Wildman–Crippen LogP) is 3.20. The molecule has 1 aliphatic rings. The Balaban J connectivity index is 1.74. The third-order valence-corrected chi connectivity index (χ3v) is 4.41. The highest BCUT2D eigenvalue weighted by Crippen LogP contribution is 2.30. The van der Waals surface area contributed by atoms with Gasteiger partial charge in [-0.25, -0.2) is 9.78 Å². The van der Waals surface area contributed by atoms with Gasteiger partial charge in [-0.3, -0.25) is 0 Å². The van der Waals surface area contributed by atoms with E-state index in [9.17, 15) is 4.79 Å². The van der Waals surface area contributed by atoms with Crippen LogP contribution in [0.2, 0.25) is 5.15 Å². The number of aromatic nitrogens is 1. The lowest BCUT2D eigenvalue weighted by molar-refractivity contribution is -0.0147. The van der Waals surface area contributed by atoms with Crippen molar-refractivity contribution in [2.75, 3.05) is 38.7 Å². The zero-order valence-corrected chi connectivity index (χ0v) is 15.1. The Labute approximate surface area is 156 Å². The fourth-order valence-electron chi connectivity index (χ4n) is 2.82. The number of hydrogen-bond acceptors (Lipinski definition) is 5. The molecular formula is C18H20ClN3O4. The van der Waals surface area contributed by atoms with Crippen molar-refractivity contribution in [3.63, 3.8) is 0 Å². The maximum Gasteiger partial charge on any atom is 0.407 e. The summed E-state index contributed by atoms with van der Waals surface area (Å²) in [5.74, 6) is 0.773. The Morgan fingerprint density at radius 2 is 2.23 bits per heavy atom. The van der Waals surface area contributed by atoms with Crippen molar-refractivity contribution in [3.05, 3.63) is 41.7 Å². The molecule has 1 unspecified atom stereocenters. The first-order chi connectivity index (χ1) is 12.6. The van der Waals surface area contributed by atoms with Gasteiger partial charge in [-0.15, -0.1) is 0 Å². The number of hydrogen-bond donors (Lipinski definition) is 2. The first kappa shape index (κ1) is 18.3. The summed E-state index contributed by atoms with van der Waals surface area (Å²) in [5, 5.41) is 12.8. The highest BCUT2D eigenvalue weighted by molar-refractivity contribution is 6.29. The van der Waals surface area contributed by atoms with E-state index in [-0.39, 0.29) is 6.10 Å². The minimum Gasteiger partial charge on any atom is -0.497 e. The third-order valence-electron chi connectivity index (χ3n) is 4.20. The highest BCUT2D eigenvalue weighted by atomic mass is 35.5. The van der Waals surface area contributed by atoms with Crippen molar-refractivity contribution in [2.24, 2.45) is 0 Å². The molecule has 138 valence electrons. The number of carboxylic acid groups (broad SMARTS) is 1. The van der Waals surface area contributed by atoms with Gasteiger partial charge in [0.05, 0.1) is 26.4 Å². The lowest BCUT2D eigenvalue weighted by Gasteiger charge is -2.31. The third kappa shape index (κ3) is 4.36. The average molecular weight is 378 g/mol. The molecule has 0 aliphatic carbocycles. The van der Waals surface area contributed by atoms with Crippen LogP contribution in [-0.2, 0) is 4.74 Å². The molecule has 26 heavy (non-hydrogen) atoms. The van der Waals surface area contributed by atoms with Gasteiger partial charge in [0.1, 0.15) is 10.9 Å². The summed E-state index contributed by atoms with van der Waals surface area (Å²) in [6.07, 6.45) is 0.553. The molecule has 1 atom stereocenters. The van der Waals surface area contributed by atoms with Gasteiger partial charge < -0.3 is 24.8 Å². The number of nitrogens with one attached hydrogen (secondary N) is 1. The van der Waals surface area contributed by atoms with E-state index in [1.165, 1.54) is 4.90 Å². The van der Waals surface area contributed by atoms with Crippen molar-refractivity contribution in [3.8, 4) is 16.9 Å². The van der Waals surface area contributed by atoms with Crippen LogP contribution in [0.25, 0.3) is 11.1 Å². The van der Waals surface area contributed by atoms with E-state index in [2.05, 4.69) is 10.3 Å². The van der Waals surface area contributed by atoms with Crippen LogP contribution in [-0.4, -0.2) is 60.5 Å². The van der Waals surface area contributed by atoms with Crippen LogP contribution in [0.3, 0.4) is 0 Å². The van der Waals surface area contributed by atoms with Gasteiger partial charge in [0, 0.05) is 30.5 Å². The number of halogens is 1. The second-order valence-electron chi connectivity index (χ2n) is 5.88. The zero-order chi connectivity index (χ0) is 18.5. The molecule has 2 N–H and O–H groups in total. The maximum atomic E-state index is 11.1. The lowest BCUT2D eigenvalue weighted by Crippen LogP contribution is -2.47. The quantitative estimate of drug-likeness (QED) is 0.778. The van der Waals surface area contributed by atoms with Crippen LogP contribution in [0.5, 0.6) is 5.75 Å². The summed E-state index contributed by atoms with van der Waals surface area (Å²) >= 11 is 6.05. The topological polar surface area (TPSA) is 83.9 Å². The molecule has 0 spiro atoms. The van der Waals surface area contributed by atoms with E-state index in [1.54, 1.807) is 19.4 Å². The van der Waals surface area contributed by atoms with Crippen LogP contribution < -0.4 is 10.1 Å². The van der Waals surface area contributed by atoms with Gasteiger partial charge >= 0.3 is 6.09 Å². The Morgan fingerprint density at radius 1 is 1.46 bits per heavy atom. The van der Waals surface area contributed by atoms with Crippen molar-refractivity contribution in [1.82, 2.24) is 9.88 Å². The number of nitrogens with zero attached hydrogens (tertiary/aromatic N) is 2. The van der Waals surface area contributed by atoms with Crippen LogP contribution in [0.15, 0.2) is 36.5 Å². The van der Waals surface area contributed by atoms with Crippen LogP contribution in [0.4, 0.5) is 10.5 Å². The summed E-state index contributed by atoms with van der Waals surface area (Å²) in [6.45, 7) is 1.58. The van der Waals surface area contributed by atoms with Gasteiger partial charge in [0.25, 0.3) is 0 Å². The number of amides is 1. The molecule has 1 amide bonds. The smallest absolute Gasteiger partial charge is 0.407 e. The zero-order valence-electron chi connectivity index (χ0n) is 14.3. The molecular weight excluding hydrogens is 358 g/mol. The number of anilines is 1. The molecule has 1 aromatic heterocycles. The summed E-state index contributed by atoms with van der Waals surface area (Å²) in [5.41, 5.74) is 2.67. The number of rotatable bonds is 5. The standard InChI is InChI=1S/C18H20ClN3O4/c1-25-13-4-2-12(3-5-13)15-10-21-17(19)8-16(15)20-9-14-11-22(18(23)24)6-7-26-14/h2-5,8,10,14H,6-7,9,11H2,1H3,(H,20,21)(H,23,24). The molecule has 7 nitrogen and oxygen atoms in total. The normalized spacial score (nSPS) is 17.0. The number of morpholine rings is 1. The van der Waals surface area contributed by atoms with Crippen molar-refractivity contribution >= 4 is 23.4 Å². The second kappa shape index (κ2) is 8.25. The summed E-state index contributed by atoms with van der Waals surface area (Å²) in [4.78, 5) is 16.7. The van der Waals surface area contributed by atoms with E-state index in [0.717, 1.165) is 22.6 Å². The lowest BCUT2D eigenvalue weighted by atomic mass is 10.1. The number of methoxy groups -OCH3 is 1. The van der Waals surface area contributed by atoms with Gasteiger partial charge in [-0.1, -0.05) is 23.7 Å². The molecule has 1 fully saturated rings. The van der Waals surface area contributed by atoms with Crippen LogP contribution in [0.1, 0.15) is 0 Å². The summed E-state index contributed by atoms with van der Waals surface area (Å²) < 4.78 is 10.8. The number of carbonyl (C=O) groups is 1. The molecule has 1 saturated heterocycles. The second-order valence-corrected chi connectivity index (χ2v) is 6.27. The fraction of sp³-hybridized carbons (Fsp3) is 0.333. The van der Waals surface area contributed by atoms with Gasteiger partial charge in [-0.2, -0.15) is 0 Å². The minimum absolute atomic E-state index is 0.226. The van der Waals surface area contributed by atoms with E-state index in [1.807, 2.05) is 24.3 Å². The monoisotopic (exact) mass is 377 g/mol. The van der Waals surface area contributed by atoms with Gasteiger partial charge in [0.2, 0.25) is 0 Å². The molecule has 0 radical (unpaired) electrons. The van der Waals surface area contributed by atoms with Gasteiger partial charge in [0.15, 0.2) is 0 Å². The maximum absolute atomic E-state index is 11.1. The molecule has 1 aliphatic heterocycles. The molecule has 2 aromatic rings. The number of benzene rings is 1. The Hall–Kier alpha value is -2.51. The molecule has 1 aromatic carbocycles.